The maximum Gasteiger partial charge on any atom is 0.330 e. The van der Waals surface area contributed by atoms with E-state index in [-0.39, 0.29) is 5.56 Å². The summed E-state index contributed by atoms with van der Waals surface area (Å²) in [5, 5.41) is 11.9. The highest BCUT2D eigenvalue weighted by Crippen LogP contribution is 2.18. The van der Waals surface area contributed by atoms with Crippen LogP contribution in [-0.4, -0.2) is 21.6 Å². The Balaban J connectivity index is 2.32. The quantitative estimate of drug-likeness (QED) is 0.876. The Morgan fingerprint density at radius 2 is 1.79 bits per heavy atom. The molecule has 0 fully saturated rings. The third kappa shape index (κ3) is 3.53. The van der Waals surface area contributed by atoms with Crippen LogP contribution in [0.15, 0.2) is 53.5 Å². The zero-order chi connectivity index (χ0) is 17.9. The molecule has 1 heterocycles. The number of benzene rings is 1. The topological polar surface area (TPSA) is 88.4 Å². The zero-order valence-electron chi connectivity index (χ0n) is 13.8. The molecule has 0 aliphatic rings. The van der Waals surface area contributed by atoms with Gasteiger partial charge in [-0.1, -0.05) is 30.3 Å². The second-order valence-corrected chi connectivity index (χ2v) is 6.13. The number of carboxylic acid groups (broad SMARTS) is 1. The highest BCUT2D eigenvalue weighted by Gasteiger charge is 2.34. The summed E-state index contributed by atoms with van der Waals surface area (Å²) in [5.74, 6) is -1.72. The van der Waals surface area contributed by atoms with Gasteiger partial charge in [0.2, 0.25) is 5.91 Å². The minimum absolute atomic E-state index is 0.318. The van der Waals surface area contributed by atoms with Crippen molar-refractivity contribution in [1.82, 2.24) is 9.88 Å². The Bertz CT molecular complexity index is 809. The Hall–Kier alpha value is -2.89. The van der Waals surface area contributed by atoms with Crippen molar-refractivity contribution in [3.05, 3.63) is 70.1 Å². The summed E-state index contributed by atoms with van der Waals surface area (Å²) < 4.78 is 1.29. The number of aliphatic carboxylic acids is 1. The molecule has 24 heavy (non-hydrogen) atoms. The lowest BCUT2D eigenvalue weighted by Gasteiger charge is -2.28. The van der Waals surface area contributed by atoms with Gasteiger partial charge in [0.1, 0.15) is 5.54 Å². The van der Waals surface area contributed by atoms with E-state index >= 15 is 0 Å². The van der Waals surface area contributed by atoms with Gasteiger partial charge < -0.3 is 15.0 Å². The number of aromatic nitrogens is 1. The van der Waals surface area contributed by atoms with Crippen LogP contribution >= 0.6 is 0 Å². The number of hydrogen-bond acceptors (Lipinski definition) is 3. The average Bonchev–Trinajstić information content (AvgIpc) is 2.52. The van der Waals surface area contributed by atoms with Gasteiger partial charge in [0.05, 0.1) is 0 Å². The number of aryl methyl sites for hydroxylation is 1. The van der Waals surface area contributed by atoms with E-state index in [9.17, 15) is 19.5 Å². The maximum absolute atomic E-state index is 12.7. The lowest BCUT2D eigenvalue weighted by atomic mass is 10.0. The van der Waals surface area contributed by atoms with Crippen molar-refractivity contribution in [3.63, 3.8) is 0 Å². The minimum Gasteiger partial charge on any atom is -0.479 e. The monoisotopic (exact) mass is 328 g/mol. The van der Waals surface area contributed by atoms with E-state index in [2.05, 4.69) is 5.32 Å². The van der Waals surface area contributed by atoms with E-state index in [0.29, 0.717) is 5.56 Å². The molecule has 0 aliphatic carbocycles. The van der Waals surface area contributed by atoms with E-state index in [4.69, 9.17) is 0 Å². The van der Waals surface area contributed by atoms with Gasteiger partial charge in [-0.3, -0.25) is 9.59 Å². The molecule has 2 N–H and O–H groups in total. The van der Waals surface area contributed by atoms with E-state index in [1.165, 1.54) is 16.8 Å². The molecule has 1 aromatic heterocycles. The fourth-order valence-electron chi connectivity index (χ4n) is 2.39. The predicted octanol–water partition coefficient (Wildman–Crippen LogP) is 1.83. The summed E-state index contributed by atoms with van der Waals surface area (Å²) in [6.07, 6.45) is 1.54. The fourth-order valence-corrected chi connectivity index (χ4v) is 2.39. The fraction of sp³-hybridized carbons (Fsp3) is 0.278. The highest BCUT2D eigenvalue weighted by atomic mass is 16.4. The van der Waals surface area contributed by atoms with Crippen LogP contribution in [0.25, 0.3) is 0 Å². The molecule has 0 bridgehead atoms. The van der Waals surface area contributed by atoms with Crippen molar-refractivity contribution in [2.75, 3.05) is 0 Å². The van der Waals surface area contributed by atoms with Crippen LogP contribution in [0.4, 0.5) is 0 Å². The summed E-state index contributed by atoms with van der Waals surface area (Å²) in [4.78, 5) is 36.3. The summed E-state index contributed by atoms with van der Waals surface area (Å²) >= 11 is 0. The molecule has 126 valence electrons. The highest BCUT2D eigenvalue weighted by molar-refractivity contribution is 5.88. The molecule has 2 aromatic rings. The van der Waals surface area contributed by atoms with Gasteiger partial charge >= 0.3 is 5.97 Å². The summed E-state index contributed by atoms with van der Waals surface area (Å²) in [7, 11) is 0. The Kier molecular flexibility index (Phi) is 4.87. The molecular weight excluding hydrogens is 308 g/mol. The van der Waals surface area contributed by atoms with Crippen molar-refractivity contribution in [3.8, 4) is 0 Å². The van der Waals surface area contributed by atoms with Crippen LogP contribution in [0.1, 0.15) is 31.0 Å². The standard InChI is InChI=1S/C18H20N2O4/c1-12-9-10-20(14(21)11-12)18(2,3)17(24)19-15(16(22)23)13-7-5-4-6-8-13/h4-11,15H,1-3H3,(H,19,24)(H,22,23). The molecule has 0 saturated carbocycles. The van der Waals surface area contributed by atoms with Crippen molar-refractivity contribution in [1.29, 1.82) is 0 Å². The van der Waals surface area contributed by atoms with E-state index in [1.54, 1.807) is 57.2 Å². The van der Waals surface area contributed by atoms with Crippen LogP contribution in [0.2, 0.25) is 0 Å². The average molecular weight is 328 g/mol. The molecule has 0 radical (unpaired) electrons. The van der Waals surface area contributed by atoms with Gasteiger partial charge in [-0.05, 0) is 38.0 Å². The lowest BCUT2D eigenvalue weighted by molar-refractivity contribution is -0.143. The largest absolute Gasteiger partial charge is 0.479 e. The summed E-state index contributed by atoms with van der Waals surface area (Å²) in [6.45, 7) is 4.93. The second-order valence-electron chi connectivity index (χ2n) is 6.13. The molecule has 6 heteroatoms. The lowest BCUT2D eigenvalue weighted by Crippen LogP contribution is -2.50. The van der Waals surface area contributed by atoms with Gasteiger partial charge in [0.25, 0.3) is 5.56 Å². The van der Waals surface area contributed by atoms with Gasteiger partial charge in [0.15, 0.2) is 6.04 Å². The first kappa shape index (κ1) is 17.5. The summed E-state index contributed by atoms with van der Waals surface area (Å²) in [6, 6.07) is 10.4. The first-order valence-corrected chi connectivity index (χ1v) is 7.52. The Morgan fingerprint density at radius 1 is 1.17 bits per heavy atom. The van der Waals surface area contributed by atoms with Gasteiger partial charge in [-0.25, -0.2) is 4.79 Å². The number of carboxylic acids is 1. The SMILES string of the molecule is Cc1ccn(C(C)(C)C(=O)NC(C(=O)O)c2ccccc2)c(=O)c1. The summed E-state index contributed by atoms with van der Waals surface area (Å²) in [5.41, 5.74) is -0.292. The molecule has 0 saturated heterocycles. The number of amides is 1. The molecule has 1 unspecified atom stereocenters. The molecule has 6 nitrogen and oxygen atoms in total. The van der Waals surface area contributed by atoms with Gasteiger partial charge in [0, 0.05) is 12.3 Å². The third-order valence-corrected chi connectivity index (χ3v) is 3.89. The first-order chi connectivity index (χ1) is 11.2. The number of hydrogen-bond donors (Lipinski definition) is 2. The van der Waals surface area contributed by atoms with Crippen molar-refractivity contribution >= 4 is 11.9 Å². The molecular formula is C18H20N2O4. The molecule has 0 aliphatic heterocycles. The van der Waals surface area contributed by atoms with Crippen LogP contribution in [0, 0.1) is 6.92 Å². The van der Waals surface area contributed by atoms with Crippen LogP contribution < -0.4 is 10.9 Å². The number of carbonyl (C=O) groups is 2. The van der Waals surface area contributed by atoms with Crippen molar-refractivity contribution in [2.24, 2.45) is 0 Å². The normalized spacial score (nSPS) is 12.5. The van der Waals surface area contributed by atoms with Crippen LogP contribution in [0.5, 0.6) is 0 Å². The van der Waals surface area contributed by atoms with Crippen LogP contribution in [0.3, 0.4) is 0 Å². The van der Waals surface area contributed by atoms with E-state index < -0.39 is 23.5 Å². The second kappa shape index (κ2) is 6.70. The number of carbonyl (C=O) groups excluding carboxylic acids is 1. The Labute approximate surface area is 139 Å². The zero-order valence-corrected chi connectivity index (χ0v) is 13.8. The number of nitrogens with one attached hydrogen (secondary N) is 1. The predicted molar refractivity (Wildman–Crippen MR) is 89.7 cm³/mol. The Morgan fingerprint density at radius 3 is 2.33 bits per heavy atom. The minimum atomic E-state index is -1.23. The number of pyridine rings is 1. The van der Waals surface area contributed by atoms with E-state index in [1.807, 2.05) is 0 Å². The molecule has 1 atom stereocenters. The number of nitrogens with zero attached hydrogens (tertiary/aromatic N) is 1. The van der Waals surface area contributed by atoms with Crippen molar-refractivity contribution < 1.29 is 14.7 Å². The molecule has 2 rings (SSSR count). The molecule has 0 spiro atoms. The number of rotatable bonds is 5. The first-order valence-electron chi connectivity index (χ1n) is 7.52. The van der Waals surface area contributed by atoms with Gasteiger partial charge in [-0.15, -0.1) is 0 Å². The van der Waals surface area contributed by atoms with E-state index in [0.717, 1.165) is 5.56 Å². The molecule has 1 aromatic carbocycles. The van der Waals surface area contributed by atoms with Crippen LogP contribution in [-0.2, 0) is 15.1 Å². The maximum atomic E-state index is 12.7. The third-order valence-electron chi connectivity index (χ3n) is 3.89. The van der Waals surface area contributed by atoms with Crippen molar-refractivity contribution in [2.45, 2.75) is 32.4 Å². The van der Waals surface area contributed by atoms with Gasteiger partial charge in [-0.2, -0.15) is 0 Å². The molecule has 1 amide bonds. The smallest absolute Gasteiger partial charge is 0.330 e.